The van der Waals surface area contributed by atoms with Gasteiger partial charge >= 0.3 is 0 Å². The number of methoxy groups -OCH3 is 1. The maximum absolute atomic E-state index is 5.63. The van der Waals surface area contributed by atoms with E-state index in [0.717, 1.165) is 63.8 Å². The van der Waals surface area contributed by atoms with Gasteiger partial charge in [0.25, 0.3) is 0 Å². The van der Waals surface area contributed by atoms with E-state index in [9.17, 15) is 0 Å². The highest BCUT2D eigenvalue weighted by Crippen LogP contribution is 2.06. The molecule has 0 aliphatic heterocycles. The van der Waals surface area contributed by atoms with Gasteiger partial charge < -0.3 is 19.2 Å². The van der Waals surface area contributed by atoms with Crippen molar-refractivity contribution in [3.8, 4) is 0 Å². The molecule has 1 aromatic heterocycles. The van der Waals surface area contributed by atoms with Crippen LogP contribution in [0.2, 0.25) is 0 Å². The van der Waals surface area contributed by atoms with Crippen molar-refractivity contribution in [1.29, 1.82) is 0 Å². The Labute approximate surface area is 109 Å². The summed E-state index contributed by atoms with van der Waals surface area (Å²) in [6.45, 7) is 6.01. The van der Waals surface area contributed by atoms with Gasteiger partial charge in [-0.3, -0.25) is 0 Å². The fourth-order valence-electron chi connectivity index (χ4n) is 1.57. The van der Waals surface area contributed by atoms with Gasteiger partial charge in [-0.25, -0.2) is 4.98 Å². The van der Waals surface area contributed by atoms with Crippen LogP contribution < -0.4 is 5.32 Å². The molecule has 0 aromatic carbocycles. The normalized spacial score (nSPS) is 11.0. The first-order valence-corrected chi connectivity index (χ1v) is 6.57. The van der Waals surface area contributed by atoms with Crippen molar-refractivity contribution in [2.75, 3.05) is 40.0 Å². The van der Waals surface area contributed by atoms with Crippen LogP contribution in [0.25, 0.3) is 0 Å². The van der Waals surface area contributed by atoms with Gasteiger partial charge in [0, 0.05) is 46.3 Å². The van der Waals surface area contributed by atoms with Gasteiger partial charge in [-0.2, -0.15) is 0 Å². The minimum absolute atomic E-state index is 0.730. The number of ether oxygens (including phenoxy) is 2. The van der Waals surface area contributed by atoms with Crippen molar-refractivity contribution < 1.29 is 13.9 Å². The summed E-state index contributed by atoms with van der Waals surface area (Å²) in [7, 11) is 1.70. The van der Waals surface area contributed by atoms with Crippen LogP contribution in [0.5, 0.6) is 0 Å². The maximum Gasteiger partial charge on any atom is 0.195 e. The minimum Gasteiger partial charge on any atom is -0.446 e. The molecular weight excluding hydrogens is 232 g/mol. The lowest BCUT2D eigenvalue weighted by atomic mass is 10.3. The second-order valence-electron chi connectivity index (χ2n) is 4.01. The summed E-state index contributed by atoms with van der Waals surface area (Å²) in [5.74, 6) is 1.74. The van der Waals surface area contributed by atoms with Crippen LogP contribution in [0, 0.1) is 0 Å². The molecule has 0 radical (unpaired) electrons. The third-order valence-electron chi connectivity index (χ3n) is 2.52. The van der Waals surface area contributed by atoms with E-state index in [4.69, 9.17) is 13.9 Å². The molecular formula is C13H24N2O3. The van der Waals surface area contributed by atoms with E-state index in [1.807, 2.05) is 13.1 Å². The third kappa shape index (κ3) is 6.74. The maximum atomic E-state index is 5.63. The first kappa shape index (κ1) is 15.1. The molecule has 5 nitrogen and oxygen atoms in total. The molecule has 1 heterocycles. The lowest BCUT2D eigenvalue weighted by Crippen LogP contribution is -2.21. The second-order valence-corrected chi connectivity index (χ2v) is 4.01. The smallest absolute Gasteiger partial charge is 0.195 e. The van der Waals surface area contributed by atoms with Gasteiger partial charge in [0.15, 0.2) is 5.89 Å². The number of nitrogens with one attached hydrogen (secondary N) is 1. The van der Waals surface area contributed by atoms with Crippen molar-refractivity contribution in [3.05, 3.63) is 17.8 Å². The quantitative estimate of drug-likeness (QED) is 0.607. The van der Waals surface area contributed by atoms with Crippen molar-refractivity contribution in [3.63, 3.8) is 0 Å². The summed E-state index contributed by atoms with van der Waals surface area (Å²) in [6, 6.07) is 0. The van der Waals surface area contributed by atoms with Crippen LogP contribution in [-0.4, -0.2) is 45.0 Å². The van der Waals surface area contributed by atoms with Crippen LogP contribution in [0.3, 0.4) is 0 Å². The molecule has 0 spiro atoms. The molecule has 1 N–H and O–H groups in total. The molecule has 1 aromatic rings. The molecule has 0 aliphatic carbocycles. The van der Waals surface area contributed by atoms with Gasteiger partial charge in [-0.15, -0.1) is 0 Å². The van der Waals surface area contributed by atoms with E-state index in [2.05, 4.69) is 10.3 Å². The summed E-state index contributed by atoms with van der Waals surface area (Å²) >= 11 is 0. The molecule has 5 heteroatoms. The highest BCUT2D eigenvalue weighted by atomic mass is 16.5. The van der Waals surface area contributed by atoms with Crippen molar-refractivity contribution >= 4 is 0 Å². The zero-order valence-corrected chi connectivity index (χ0v) is 11.4. The van der Waals surface area contributed by atoms with Crippen LogP contribution in [0.15, 0.2) is 10.6 Å². The Morgan fingerprint density at radius 3 is 2.94 bits per heavy atom. The van der Waals surface area contributed by atoms with E-state index in [0.29, 0.717) is 0 Å². The predicted octanol–water partition coefficient (Wildman–Crippen LogP) is 1.42. The molecule has 0 amide bonds. The van der Waals surface area contributed by atoms with Crippen molar-refractivity contribution in [1.82, 2.24) is 10.3 Å². The highest BCUT2D eigenvalue weighted by molar-refractivity contribution is 4.94. The monoisotopic (exact) mass is 256 g/mol. The Balaban J connectivity index is 2.10. The van der Waals surface area contributed by atoms with Gasteiger partial charge in [-0.05, 0) is 13.3 Å². The predicted molar refractivity (Wildman–Crippen MR) is 69.8 cm³/mol. The fraction of sp³-hybridized carbons (Fsp3) is 0.769. The molecule has 0 fully saturated rings. The van der Waals surface area contributed by atoms with E-state index >= 15 is 0 Å². The number of hydrogen-bond acceptors (Lipinski definition) is 5. The van der Waals surface area contributed by atoms with Gasteiger partial charge in [-0.1, -0.05) is 0 Å². The Kier molecular flexibility index (Phi) is 8.46. The van der Waals surface area contributed by atoms with Crippen molar-refractivity contribution in [2.45, 2.75) is 26.2 Å². The molecule has 0 saturated heterocycles. The molecule has 0 bridgehead atoms. The Hall–Kier alpha value is -0.910. The Morgan fingerprint density at radius 1 is 1.28 bits per heavy atom. The average molecular weight is 256 g/mol. The minimum atomic E-state index is 0.730. The van der Waals surface area contributed by atoms with E-state index in [1.165, 1.54) is 0 Å². The van der Waals surface area contributed by atoms with Gasteiger partial charge in [0.05, 0.1) is 12.8 Å². The first-order chi connectivity index (χ1) is 8.86. The molecule has 0 atom stereocenters. The molecule has 104 valence electrons. The van der Waals surface area contributed by atoms with E-state index in [-0.39, 0.29) is 0 Å². The summed E-state index contributed by atoms with van der Waals surface area (Å²) in [4.78, 5) is 4.25. The summed E-state index contributed by atoms with van der Waals surface area (Å²) in [5.41, 5.74) is 0. The largest absolute Gasteiger partial charge is 0.446 e. The standard InChI is InChI=1S/C13H24N2O3/c1-3-17-9-4-5-12-11-15-13(18-12)6-7-14-8-10-16-2/h11,14H,3-10H2,1-2H3. The Morgan fingerprint density at radius 2 is 2.17 bits per heavy atom. The highest BCUT2D eigenvalue weighted by Gasteiger charge is 2.03. The van der Waals surface area contributed by atoms with E-state index in [1.54, 1.807) is 7.11 Å². The number of hydrogen-bond donors (Lipinski definition) is 1. The van der Waals surface area contributed by atoms with Crippen LogP contribution in [-0.2, 0) is 22.3 Å². The zero-order chi connectivity index (χ0) is 13.1. The number of aromatic nitrogens is 1. The molecule has 0 aliphatic rings. The number of aryl methyl sites for hydroxylation is 1. The third-order valence-corrected chi connectivity index (χ3v) is 2.52. The number of rotatable bonds is 11. The first-order valence-electron chi connectivity index (χ1n) is 6.57. The van der Waals surface area contributed by atoms with Crippen LogP contribution in [0.4, 0.5) is 0 Å². The molecule has 0 unspecified atom stereocenters. The van der Waals surface area contributed by atoms with Crippen molar-refractivity contribution in [2.24, 2.45) is 0 Å². The zero-order valence-electron chi connectivity index (χ0n) is 11.4. The van der Waals surface area contributed by atoms with Crippen LogP contribution in [0.1, 0.15) is 25.0 Å². The Bertz CT molecular complexity index is 302. The fourth-order valence-corrected chi connectivity index (χ4v) is 1.57. The number of nitrogens with zero attached hydrogens (tertiary/aromatic N) is 1. The molecule has 18 heavy (non-hydrogen) atoms. The molecule has 1 rings (SSSR count). The summed E-state index contributed by atoms with van der Waals surface area (Å²) < 4.78 is 15.9. The second kappa shape index (κ2) is 10.1. The van der Waals surface area contributed by atoms with Gasteiger partial charge in [0.1, 0.15) is 5.76 Å². The topological polar surface area (TPSA) is 56.5 Å². The van der Waals surface area contributed by atoms with E-state index < -0.39 is 0 Å². The SMILES string of the molecule is CCOCCCc1cnc(CCNCCOC)o1. The lowest BCUT2D eigenvalue weighted by molar-refractivity contribution is 0.144. The van der Waals surface area contributed by atoms with Crippen LogP contribution >= 0.6 is 0 Å². The molecule has 0 saturated carbocycles. The van der Waals surface area contributed by atoms with Gasteiger partial charge in [0.2, 0.25) is 0 Å². The summed E-state index contributed by atoms with van der Waals surface area (Å²) in [5, 5.41) is 3.26. The number of oxazole rings is 1. The average Bonchev–Trinajstić information content (AvgIpc) is 2.82. The summed E-state index contributed by atoms with van der Waals surface area (Å²) in [6.07, 6.45) is 4.50. The lowest BCUT2D eigenvalue weighted by Gasteiger charge is -2.01.